The molecule has 0 amide bonds. The molecule has 1 unspecified atom stereocenters. The highest BCUT2D eigenvalue weighted by atomic mass is 16.5. The maximum absolute atomic E-state index is 6.31. The Labute approximate surface area is 132 Å². The maximum atomic E-state index is 6.31. The first-order valence-electron chi connectivity index (χ1n) is 8.03. The third kappa shape index (κ3) is 3.61. The van der Waals surface area contributed by atoms with Gasteiger partial charge in [-0.3, -0.25) is 0 Å². The van der Waals surface area contributed by atoms with Gasteiger partial charge in [-0.05, 0) is 25.0 Å². The monoisotopic (exact) mass is 299 g/mol. The number of benzene rings is 1. The highest BCUT2D eigenvalue weighted by Gasteiger charge is 2.16. The fraction of sp³-hybridized carbons (Fsp3) is 0.500. The summed E-state index contributed by atoms with van der Waals surface area (Å²) in [5, 5.41) is 0. The maximum Gasteiger partial charge on any atom is 0.127 e. The van der Waals surface area contributed by atoms with Crippen molar-refractivity contribution >= 4 is 11.0 Å². The van der Waals surface area contributed by atoms with Gasteiger partial charge in [0.1, 0.15) is 11.6 Å². The van der Waals surface area contributed by atoms with Crippen molar-refractivity contribution in [3.63, 3.8) is 0 Å². The predicted molar refractivity (Wildman–Crippen MR) is 90.8 cm³/mol. The van der Waals surface area contributed by atoms with E-state index in [0.717, 1.165) is 48.3 Å². The molecule has 1 atom stereocenters. The van der Waals surface area contributed by atoms with E-state index in [2.05, 4.69) is 19.8 Å². The van der Waals surface area contributed by atoms with Crippen LogP contribution in [0.3, 0.4) is 0 Å². The Hall–Kier alpha value is -1.99. The minimum atomic E-state index is -0.0827. The van der Waals surface area contributed by atoms with Gasteiger partial charge in [0.15, 0.2) is 0 Å². The molecule has 1 heterocycles. The number of aromatic nitrogens is 2. The van der Waals surface area contributed by atoms with Crippen LogP contribution in [0.25, 0.3) is 11.0 Å². The smallest absolute Gasteiger partial charge is 0.127 e. The molecule has 0 fully saturated rings. The third-order valence-corrected chi connectivity index (χ3v) is 3.67. The van der Waals surface area contributed by atoms with E-state index in [1.54, 1.807) is 0 Å². The van der Waals surface area contributed by atoms with Gasteiger partial charge in [-0.25, -0.2) is 4.98 Å². The fourth-order valence-electron chi connectivity index (χ4n) is 2.53. The predicted octanol–water partition coefficient (Wildman–Crippen LogP) is 3.65. The Morgan fingerprint density at radius 1 is 1.36 bits per heavy atom. The normalized spacial score (nSPS) is 12.3. The Balaban J connectivity index is 2.37. The first kappa shape index (κ1) is 16.4. The van der Waals surface area contributed by atoms with Gasteiger partial charge in [-0.1, -0.05) is 32.6 Å². The number of hydrogen-bond donors (Lipinski definition) is 1. The molecule has 0 spiro atoms. The van der Waals surface area contributed by atoms with Crippen LogP contribution in [0.2, 0.25) is 0 Å². The van der Waals surface area contributed by atoms with Crippen molar-refractivity contribution in [2.24, 2.45) is 5.73 Å². The van der Waals surface area contributed by atoms with Crippen LogP contribution in [-0.4, -0.2) is 16.2 Å². The summed E-state index contributed by atoms with van der Waals surface area (Å²) in [4.78, 5) is 4.72. The number of nitrogens with zero attached hydrogens (tertiary/aromatic N) is 2. The molecule has 0 bridgehead atoms. The minimum Gasteiger partial charge on any atom is -0.494 e. The first-order chi connectivity index (χ1) is 10.7. The summed E-state index contributed by atoms with van der Waals surface area (Å²) in [7, 11) is 0. The van der Waals surface area contributed by atoms with Gasteiger partial charge < -0.3 is 15.0 Å². The van der Waals surface area contributed by atoms with E-state index in [0.29, 0.717) is 13.2 Å². The number of imidazole rings is 1. The van der Waals surface area contributed by atoms with Crippen molar-refractivity contribution in [2.75, 3.05) is 6.61 Å². The van der Waals surface area contributed by atoms with Gasteiger partial charge in [0, 0.05) is 6.07 Å². The summed E-state index contributed by atoms with van der Waals surface area (Å²) < 4.78 is 7.72. The molecular formula is C18H25N3O. The van der Waals surface area contributed by atoms with Crippen molar-refractivity contribution in [1.29, 1.82) is 0 Å². The molecule has 0 aliphatic heterocycles. The van der Waals surface area contributed by atoms with Crippen LogP contribution in [0.1, 0.15) is 51.4 Å². The van der Waals surface area contributed by atoms with Gasteiger partial charge >= 0.3 is 0 Å². The Kier molecular flexibility index (Phi) is 5.85. The lowest BCUT2D eigenvalue weighted by Gasteiger charge is -2.12. The second-order valence-electron chi connectivity index (χ2n) is 5.51. The highest BCUT2D eigenvalue weighted by molar-refractivity contribution is 5.78. The summed E-state index contributed by atoms with van der Waals surface area (Å²) in [6.45, 7) is 5.44. The lowest BCUT2D eigenvalue weighted by atomic mass is 10.1. The average molecular weight is 299 g/mol. The number of ether oxygens (including phenoxy) is 1. The van der Waals surface area contributed by atoms with Crippen molar-refractivity contribution in [1.82, 2.24) is 9.55 Å². The average Bonchev–Trinajstić information content (AvgIpc) is 2.89. The molecule has 4 nitrogen and oxygen atoms in total. The van der Waals surface area contributed by atoms with Crippen molar-refractivity contribution in [3.8, 4) is 18.1 Å². The van der Waals surface area contributed by atoms with Gasteiger partial charge in [0.2, 0.25) is 0 Å². The van der Waals surface area contributed by atoms with Crippen LogP contribution in [0.5, 0.6) is 5.75 Å². The van der Waals surface area contributed by atoms with Gasteiger partial charge in [-0.15, -0.1) is 6.42 Å². The van der Waals surface area contributed by atoms with Crippen molar-refractivity contribution in [2.45, 2.75) is 52.1 Å². The van der Waals surface area contributed by atoms with Crippen molar-refractivity contribution in [3.05, 3.63) is 24.0 Å². The standard InChI is InChI=1S/C18H25N3O/c1-4-7-8-15(19)18-20-16-13-14(22-12-6-3)9-10-17(16)21(18)11-5-2/h2,9-10,13,15H,4,6-8,11-12,19H2,1,3H3. The minimum absolute atomic E-state index is 0.0827. The molecule has 1 aromatic heterocycles. The van der Waals surface area contributed by atoms with Crippen LogP contribution < -0.4 is 10.5 Å². The van der Waals surface area contributed by atoms with Crippen LogP contribution in [-0.2, 0) is 6.54 Å². The molecule has 1 aromatic carbocycles. The summed E-state index contributed by atoms with van der Waals surface area (Å²) in [5.41, 5.74) is 8.22. The number of nitrogens with two attached hydrogens (primary N) is 1. The number of unbranched alkanes of at least 4 members (excludes halogenated alkanes) is 1. The van der Waals surface area contributed by atoms with Crippen LogP contribution >= 0.6 is 0 Å². The van der Waals surface area contributed by atoms with Crippen LogP contribution in [0.4, 0.5) is 0 Å². The molecule has 0 aliphatic rings. The zero-order valence-electron chi connectivity index (χ0n) is 13.5. The summed E-state index contributed by atoms with van der Waals surface area (Å²) >= 11 is 0. The molecule has 0 saturated heterocycles. The molecule has 118 valence electrons. The molecule has 0 aliphatic carbocycles. The Morgan fingerprint density at radius 2 is 2.18 bits per heavy atom. The molecule has 2 N–H and O–H groups in total. The quantitative estimate of drug-likeness (QED) is 0.757. The molecule has 0 saturated carbocycles. The molecule has 2 rings (SSSR count). The van der Waals surface area contributed by atoms with E-state index >= 15 is 0 Å². The molecule has 2 aromatic rings. The van der Waals surface area contributed by atoms with Crippen LogP contribution in [0.15, 0.2) is 18.2 Å². The third-order valence-electron chi connectivity index (χ3n) is 3.67. The largest absolute Gasteiger partial charge is 0.494 e. The molecule has 22 heavy (non-hydrogen) atoms. The number of fused-ring (bicyclic) bond motifs is 1. The Morgan fingerprint density at radius 3 is 2.86 bits per heavy atom. The number of hydrogen-bond acceptors (Lipinski definition) is 3. The SMILES string of the molecule is C#CCn1c(C(N)CCCC)nc2cc(OCCC)ccc21. The molecular weight excluding hydrogens is 274 g/mol. The highest BCUT2D eigenvalue weighted by Crippen LogP contribution is 2.26. The summed E-state index contributed by atoms with van der Waals surface area (Å²) in [6.07, 6.45) is 9.63. The van der Waals surface area contributed by atoms with E-state index in [-0.39, 0.29) is 6.04 Å². The van der Waals surface area contributed by atoms with Gasteiger partial charge in [-0.2, -0.15) is 0 Å². The van der Waals surface area contributed by atoms with Gasteiger partial charge in [0.05, 0.1) is 30.2 Å². The van der Waals surface area contributed by atoms with E-state index in [9.17, 15) is 0 Å². The Bertz CT molecular complexity index is 654. The second-order valence-corrected chi connectivity index (χ2v) is 5.51. The van der Waals surface area contributed by atoms with Crippen molar-refractivity contribution < 1.29 is 4.74 Å². The van der Waals surface area contributed by atoms with E-state index < -0.39 is 0 Å². The number of terminal acetylenes is 1. The lowest BCUT2D eigenvalue weighted by molar-refractivity contribution is 0.318. The zero-order chi connectivity index (χ0) is 15.9. The van der Waals surface area contributed by atoms with E-state index in [1.165, 1.54) is 0 Å². The summed E-state index contributed by atoms with van der Waals surface area (Å²) in [5.74, 6) is 4.41. The van der Waals surface area contributed by atoms with Crippen LogP contribution in [0, 0.1) is 12.3 Å². The molecule has 0 radical (unpaired) electrons. The number of rotatable bonds is 8. The second kappa shape index (κ2) is 7.86. The lowest BCUT2D eigenvalue weighted by Crippen LogP contribution is -2.16. The topological polar surface area (TPSA) is 53.1 Å². The van der Waals surface area contributed by atoms with Gasteiger partial charge in [0.25, 0.3) is 0 Å². The van der Waals surface area contributed by atoms with E-state index in [4.69, 9.17) is 21.9 Å². The first-order valence-corrected chi connectivity index (χ1v) is 8.03. The zero-order valence-corrected chi connectivity index (χ0v) is 13.5. The molecule has 4 heteroatoms. The fourth-order valence-corrected chi connectivity index (χ4v) is 2.53. The summed E-state index contributed by atoms with van der Waals surface area (Å²) in [6, 6.07) is 5.86. The van der Waals surface area contributed by atoms with E-state index in [1.807, 2.05) is 22.8 Å².